The normalized spacial score (nSPS) is 35.7. The Kier molecular flexibility index (Phi) is 1.99. The third kappa shape index (κ3) is 1.31. The van der Waals surface area contributed by atoms with Gasteiger partial charge >= 0.3 is 0 Å². The maximum absolute atomic E-state index is 13.6. The quantitative estimate of drug-likeness (QED) is 0.542. The molecule has 2 heteroatoms. The average molecular weight is 145 g/mol. The van der Waals surface area contributed by atoms with Gasteiger partial charge in [-0.1, -0.05) is 13.8 Å². The summed E-state index contributed by atoms with van der Waals surface area (Å²) < 4.78 is 13.6. The Labute approximate surface area is 62.2 Å². The standard InChI is InChI=1S/C8H16FN/c1-7(2)8(9)4-5-10(3)6-8/h7H,4-6H2,1-3H3. The third-order valence-corrected chi connectivity index (χ3v) is 2.48. The van der Waals surface area contributed by atoms with Crippen molar-refractivity contribution in [2.75, 3.05) is 20.1 Å². The SMILES string of the molecule is CC(C)C1(F)CCN(C)C1. The molecule has 0 aromatic carbocycles. The van der Waals surface area contributed by atoms with Crippen molar-refractivity contribution in [2.45, 2.75) is 25.9 Å². The van der Waals surface area contributed by atoms with E-state index in [4.69, 9.17) is 0 Å². The van der Waals surface area contributed by atoms with Gasteiger partial charge in [0.1, 0.15) is 5.67 Å². The summed E-state index contributed by atoms with van der Waals surface area (Å²) in [5.74, 6) is 0.164. The molecule has 10 heavy (non-hydrogen) atoms. The van der Waals surface area contributed by atoms with Crippen molar-refractivity contribution in [3.8, 4) is 0 Å². The molecule has 0 spiro atoms. The number of alkyl halides is 1. The van der Waals surface area contributed by atoms with E-state index in [1.807, 2.05) is 20.9 Å². The Morgan fingerprint density at radius 3 is 2.30 bits per heavy atom. The minimum atomic E-state index is -0.908. The van der Waals surface area contributed by atoms with Crippen LogP contribution < -0.4 is 0 Å². The van der Waals surface area contributed by atoms with Crippen LogP contribution in [0.15, 0.2) is 0 Å². The van der Waals surface area contributed by atoms with Gasteiger partial charge in [-0.3, -0.25) is 0 Å². The maximum Gasteiger partial charge on any atom is 0.127 e. The van der Waals surface area contributed by atoms with Crippen LogP contribution in [0.25, 0.3) is 0 Å². The molecule has 1 heterocycles. The first-order valence-corrected chi connectivity index (χ1v) is 3.92. The molecule has 1 unspecified atom stereocenters. The second-order valence-corrected chi connectivity index (χ2v) is 3.68. The maximum atomic E-state index is 13.6. The van der Waals surface area contributed by atoms with Crippen LogP contribution in [0.4, 0.5) is 4.39 Å². The minimum Gasteiger partial charge on any atom is -0.303 e. The monoisotopic (exact) mass is 145 g/mol. The zero-order valence-electron chi connectivity index (χ0n) is 7.02. The van der Waals surface area contributed by atoms with Crippen molar-refractivity contribution in [1.29, 1.82) is 0 Å². The first-order chi connectivity index (χ1) is 4.54. The van der Waals surface area contributed by atoms with Crippen LogP contribution in [0.5, 0.6) is 0 Å². The first kappa shape index (κ1) is 7.99. The van der Waals surface area contributed by atoms with E-state index >= 15 is 0 Å². The molecule has 1 atom stereocenters. The molecule has 60 valence electrons. The summed E-state index contributed by atoms with van der Waals surface area (Å²) in [6.45, 7) is 5.44. The van der Waals surface area contributed by atoms with Gasteiger partial charge in [-0.15, -0.1) is 0 Å². The van der Waals surface area contributed by atoms with E-state index in [1.54, 1.807) is 0 Å². The Morgan fingerprint density at radius 1 is 1.50 bits per heavy atom. The molecule has 1 saturated heterocycles. The zero-order valence-corrected chi connectivity index (χ0v) is 7.02. The van der Waals surface area contributed by atoms with Crippen molar-refractivity contribution < 1.29 is 4.39 Å². The summed E-state index contributed by atoms with van der Waals surface area (Å²) in [5.41, 5.74) is -0.908. The average Bonchev–Trinajstić information content (AvgIpc) is 2.13. The molecule has 1 nitrogen and oxygen atoms in total. The van der Waals surface area contributed by atoms with Crippen molar-refractivity contribution in [2.24, 2.45) is 5.92 Å². The molecule has 1 fully saturated rings. The van der Waals surface area contributed by atoms with E-state index in [0.717, 1.165) is 6.54 Å². The van der Waals surface area contributed by atoms with E-state index < -0.39 is 5.67 Å². The second-order valence-electron chi connectivity index (χ2n) is 3.68. The summed E-state index contributed by atoms with van der Waals surface area (Å²) in [7, 11) is 1.98. The molecule has 1 aliphatic rings. The van der Waals surface area contributed by atoms with Gasteiger partial charge in [0.15, 0.2) is 0 Å². The number of hydrogen-bond donors (Lipinski definition) is 0. The van der Waals surface area contributed by atoms with E-state index in [1.165, 1.54) is 0 Å². The van der Waals surface area contributed by atoms with Crippen LogP contribution in [0.1, 0.15) is 20.3 Å². The fraction of sp³-hybridized carbons (Fsp3) is 1.00. The summed E-state index contributed by atoms with van der Waals surface area (Å²) in [6.07, 6.45) is 0.709. The second kappa shape index (κ2) is 2.50. The van der Waals surface area contributed by atoms with Gasteiger partial charge < -0.3 is 4.90 Å². The molecule has 0 aliphatic carbocycles. The van der Waals surface area contributed by atoms with Gasteiger partial charge in [0.05, 0.1) is 0 Å². The fourth-order valence-electron chi connectivity index (χ4n) is 1.45. The first-order valence-electron chi connectivity index (χ1n) is 3.92. The molecule has 1 rings (SSSR count). The number of hydrogen-bond acceptors (Lipinski definition) is 1. The lowest BCUT2D eigenvalue weighted by atomic mass is 9.92. The molecule has 0 bridgehead atoms. The van der Waals surface area contributed by atoms with Crippen LogP contribution in [0.2, 0.25) is 0 Å². The molecule has 0 radical (unpaired) electrons. The Hall–Kier alpha value is -0.110. The van der Waals surface area contributed by atoms with Gasteiger partial charge in [-0.25, -0.2) is 4.39 Å². The Bertz CT molecular complexity index is 124. The highest BCUT2D eigenvalue weighted by Crippen LogP contribution is 2.31. The van der Waals surface area contributed by atoms with E-state index in [0.29, 0.717) is 13.0 Å². The largest absolute Gasteiger partial charge is 0.303 e. The summed E-state index contributed by atoms with van der Waals surface area (Å²) >= 11 is 0. The van der Waals surface area contributed by atoms with Crippen LogP contribution in [-0.2, 0) is 0 Å². The molecule has 0 saturated carbocycles. The van der Waals surface area contributed by atoms with E-state index in [-0.39, 0.29) is 5.92 Å². The summed E-state index contributed by atoms with van der Waals surface area (Å²) in [6, 6.07) is 0. The van der Waals surface area contributed by atoms with Gasteiger partial charge in [-0.05, 0) is 19.4 Å². The fourth-order valence-corrected chi connectivity index (χ4v) is 1.45. The lowest BCUT2D eigenvalue weighted by Crippen LogP contribution is -2.32. The third-order valence-electron chi connectivity index (χ3n) is 2.48. The molecule has 0 amide bonds. The van der Waals surface area contributed by atoms with E-state index in [2.05, 4.69) is 4.90 Å². The number of likely N-dealkylation sites (tertiary alicyclic amines) is 1. The zero-order chi connectivity index (χ0) is 7.78. The molecular weight excluding hydrogens is 129 g/mol. The van der Waals surface area contributed by atoms with E-state index in [9.17, 15) is 4.39 Å². The number of nitrogens with zero attached hydrogens (tertiary/aromatic N) is 1. The van der Waals surface area contributed by atoms with Gasteiger partial charge in [0.25, 0.3) is 0 Å². The Morgan fingerprint density at radius 2 is 2.10 bits per heavy atom. The van der Waals surface area contributed by atoms with Crippen molar-refractivity contribution in [1.82, 2.24) is 4.90 Å². The Balaban J connectivity index is 2.54. The van der Waals surface area contributed by atoms with Crippen molar-refractivity contribution >= 4 is 0 Å². The van der Waals surface area contributed by atoms with Crippen LogP contribution >= 0.6 is 0 Å². The number of halogens is 1. The molecular formula is C8H16FN. The highest BCUT2D eigenvalue weighted by molar-refractivity contribution is 4.91. The summed E-state index contributed by atoms with van der Waals surface area (Å²) in [4.78, 5) is 2.06. The molecule has 1 aliphatic heterocycles. The molecule has 0 aromatic heterocycles. The van der Waals surface area contributed by atoms with Gasteiger partial charge in [-0.2, -0.15) is 0 Å². The van der Waals surface area contributed by atoms with Crippen LogP contribution in [0, 0.1) is 5.92 Å². The van der Waals surface area contributed by atoms with Crippen LogP contribution in [0.3, 0.4) is 0 Å². The summed E-state index contributed by atoms with van der Waals surface area (Å²) in [5, 5.41) is 0. The number of rotatable bonds is 1. The van der Waals surface area contributed by atoms with Crippen LogP contribution in [-0.4, -0.2) is 30.7 Å². The molecule has 0 N–H and O–H groups in total. The predicted molar refractivity (Wildman–Crippen MR) is 40.8 cm³/mol. The predicted octanol–water partition coefficient (Wildman–Crippen LogP) is 1.69. The van der Waals surface area contributed by atoms with Gasteiger partial charge in [0, 0.05) is 13.1 Å². The lowest BCUT2D eigenvalue weighted by molar-refractivity contribution is 0.112. The highest BCUT2D eigenvalue weighted by Gasteiger charge is 2.39. The topological polar surface area (TPSA) is 3.24 Å². The minimum absolute atomic E-state index is 0.164. The van der Waals surface area contributed by atoms with Crippen molar-refractivity contribution in [3.05, 3.63) is 0 Å². The molecule has 0 aromatic rings. The van der Waals surface area contributed by atoms with Gasteiger partial charge in [0.2, 0.25) is 0 Å². The highest BCUT2D eigenvalue weighted by atomic mass is 19.1. The smallest absolute Gasteiger partial charge is 0.127 e. The van der Waals surface area contributed by atoms with Crippen molar-refractivity contribution in [3.63, 3.8) is 0 Å². The lowest BCUT2D eigenvalue weighted by Gasteiger charge is -2.23.